The maximum absolute atomic E-state index is 5.89. The number of halogens is 1. The van der Waals surface area contributed by atoms with Crippen molar-refractivity contribution >= 4 is 23.1 Å². The zero-order chi connectivity index (χ0) is 12.4. The van der Waals surface area contributed by atoms with Gasteiger partial charge in [-0.2, -0.15) is 0 Å². The predicted octanol–water partition coefficient (Wildman–Crippen LogP) is 2.45. The summed E-state index contributed by atoms with van der Waals surface area (Å²) >= 11 is 5.88. The molecule has 0 saturated heterocycles. The van der Waals surface area contributed by atoms with E-state index in [0.717, 1.165) is 11.4 Å². The van der Waals surface area contributed by atoms with Crippen molar-refractivity contribution in [1.82, 2.24) is 9.97 Å². The summed E-state index contributed by atoms with van der Waals surface area (Å²) in [5, 5.41) is 0.428. The molecule has 0 fully saturated rings. The molecule has 2 aromatic heterocycles. The Bertz CT molecular complexity index is 540. The van der Waals surface area contributed by atoms with Gasteiger partial charge >= 0.3 is 0 Å². The van der Waals surface area contributed by atoms with Crippen LogP contribution < -0.4 is 10.6 Å². The standard InChI is InChI=1S/C12H13ClN4/c1-17(2)11-7-8(5-6-15-11)12-9(14)3-4-10(13)16-12/h3-7H,14H2,1-2H3. The molecule has 0 atom stereocenters. The molecular weight excluding hydrogens is 236 g/mol. The van der Waals surface area contributed by atoms with Gasteiger partial charge in [0, 0.05) is 25.9 Å². The van der Waals surface area contributed by atoms with Crippen molar-refractivity contribution in [2.75, 3.05) is 24.7 Å². The second-order valence-corrected chi connectivity index (χ2v) is 4.26. The van der Waals surface area contributed by atoms with Crippen LogP contribution in [0.15, 0.2) is 30.5 Å². The van der Waals surface area contributed by atoms with Gasteiger partial charge in [-0.15, -0.1) is 0 Å². The Morgan fingerprint density at radius 3 is 2.71 bits per heavy atom. The minimum atomic E-state index is 0.428. The molecule has 2 heterocycles. The first-order valence-electron chi connectivity index (χ1n) is 5.13. The summed E-state index contributed by atoms with van der Waals surface area (Å²) in [7, 11) is 3.86. The molecule has 4 nitrogen and oxygen atoms in total. The number of aromatic nitrogens is 2. The van der Waals surface area contributed by atoms with E-state index in [1.165, 1.54) is 0 Å². The maximum atomic E-state index is 5.89. The van der Waals surface area contributed by atoms with Crippen LogP contribution in [0.2, 0.25) is 5.15 Å². The van der Waals surface area contributed by atoms with Crippen molar-refractivity contribution in [2.45, 2.75) is 0 Å². The minimum absolute atomic E-state index is 0.428. The fourth-order valence-electron chi connectivity index (χ4n) is 1.49. The second-order valence-electron chi connectivity index (χ2n) is 3.87. The van der Waals surface area contributed by atoms with Crippen molar-refractivity contribution in [3.63, 3.8) is 0 Å². The molecule has 0 aromatic carbocycles. The highest BCUT2D eigenvalue weighted by molar-refractivity contribution is 6.29. The molecule has 0 saturated carbocycles. The Labute approximate surface area is 105 Å². The van der Waals surface area contributed by atoms with E-state index in [4.69, 9.17) is 17.3 Å². The first-order chi connectivity index (χ1) is 8.08. The van der Waals surface area contributed by atoms with Gasteiger partial charge in [-0.25, -0.2) is 9.97 Å². The molecular formula is C12H13ClN4. The molecule has 0 aliphatic heterocycles. The second kappa shape index (κ2) is 4.59. The smallest absolute Gasteiger partial charge is 0.129 e. The number of hydrogen-bond acceptors (Lipinski definition) is 4. The van der Waals surface area contributed by atoms with Crippen molar-refractivity contribution in [1.29, 1.82) is 0 Å². The van der Waals surface area contributed by atoms with Crippen molar-refractivity contribution in [3.8, 4) is 11.3 Å². The number of hydrogen-bond donors (Lipinski definition) is 1. The van der Waals surface area contributed by atoms with Gasteiger partial charge in [0.25, 0.3) is 0 Å². The molecule has 0 bridgehead atoms. The van der Waals surface area contributed by atoms with E-state index in [-0.39, 0.29) is 0 Å². The molecule has 0 aliphatic rings. The average Bonchev–Trinajstić information content (AvgIpc) is 2.32. The lowest BCUT2D eigenvalue weighted by molar-refractivity contribution is 1.07. The lowest BCUT2D eigenvalue weighted by atomic mass is 10.1. The van der Waals surface area contributed by atoms with Gasteiger partial charge in [0.15, 0.2) is 0 Å². The van der Waals surface area contributed by atoms with E-state index in [1.54, 1.807) is 18.3 Å². The number of nitrogens with zero attached hydrogens (tertiary/aromatic N) is 3. The SMILES string of the molecule is CN(C)c1cc(-c2nc(Cl)ccc2N)ccn1. The van der Waals surface area contributed by atoms with Crippen molar-refractivity contribution in [2.24, 2.45) is 0 Å². The topological polar surface area (TPSA) is 55.0 Å². The van der Waals surface area contributed by atoms with Crippen LogP contribution in [-0.2, 0) is 0 Å². The Hall–Kier alpha value is -1.81. The fourth-order valence-corrected chi connectivity index (χ4v) is 1.64. The molecule has 2 N–H and O–H groups in total. The van der Waals surface area contributed by atoms with Gasteiger partial charge in [-0.3, -0.25) is 0 Å². The third kappa shape index (κ3) is 2.47. The molecule has 0 radical (unpaired) electrons. The molecule has 0 unspecified atom stereocenters. The van der Waals surface area contributed by atoms with Crippen LogP contribution in [0.1, 0.15) is 0 Å². The molecule has 17 heavy (non-hydrogen) atoms. The van der Waals surface area contributed by atoms with Crippen LogP contribution in [0.4, 0.5) is 11.5 Å². The molecule has 2 rings (SSSR count). The monoisotopic (exact) mass is 248 g/mol. The van der Waals surface area contributed by atoms with Crippen LogP contribution in [0.5, 0.6) is 0 Å². The highest BCUT2D eigenvalue weighted by Crippen LogP contribution is 2.26. The normalized spacial score (nSPS) is 10.3. The third-order valence-corrected chi connectivity index (χ3v) is 2.58. The molecule has 5 heteroatoms. The van der Waals surface area contributed by atoms with Crippen LogP contribution >= 0.6 is 11.6 Å². The van der Waals surface area contributed by atoms with E-state index >= 15 is 0 Å². The lowest BCUT2D eigenvalue weighted by Gasteiger charge is -2.12. The zero-order valence-electron chi connectivity index (χ0n) is 9.68. The summed E-state index contributed by atoms with van der Waals surface area (Å²) < 4.78 is 0. The predicted molar refractivity (Wildman–Crippen MR) is 71.2 cm³/mol. The minimum Gasteiger partial charge on any atom is -0.397 e. The number of rotatable bonds is 2. The number of pyridine rings is 2. The van der Waals surface area contributed by atoms with Gasteiger partial charge in [0.05, 0.1) is 11.4 Å². The van der Waals surface area contributed by atoms with Crippen molar-refractivity contribution < 1.29 is 0 Å². The van der Waals surface area contributed by atoms with Gasteiger partial charge in [0.2, 0.25) is 0 Å². The number of nitrogen functional groups attached to an aromatic ring is 1. The summed E-state index contributed by atoms with van der Waals surface area (Å²) in [6.45, 7) is 0. The van der Waals surface area contributed by atoms with Crippen LogP contribution in [-0.4, -0.2) is 24.1 Å². The Kier molecular flexibility index (Phi) is 3.15. The largest absolute Gasteiger partial charge is 0.397 e. The van der Waals surface area contributed by atoms with E-state index in [2.05, 4.69) is 9.97 Å². The van der Waals surface area contributed by atoms with Crippen LogP contribution in [0.25, 0.3) is 11.3 Å². The van der Waals surface area contributed by atoms with Gasteiger partial charge < -0.3 is 10.6 Å². The Morgan fingerprint density at radius 1 is 1.24 bits per heavy atom. The maximum Gasteiger partial charge on any atom is 0.129 e. The van der Waals surface area contributed by atoms with E-state index < -0.39 is 0 Å². The summed E-state index contributed by atoms with van der Waals surface area (Å²) in [6, 6.07) is 7.21. The molecule has 2 aromatic rings. The Balaban J connectivity index is 2.52. The van der Waals surface area contributed by atoms with E-state index in [0.29, 0.717) is 16.5 Å². The lowest BCUT2D eigenvalue weighted by Crippen LogP contribution is -2.10. The summed E-state index contributed by atoms with van der Waals surface area (Å²) in [5.74, 6) is 0.851. The van der Waals surface area contributed by atoms with Gasteiger partial charge in [0.1, 0.15) is 11.0 Å². The molecule has 88 valence electrons. The average molecular weight is 249 g/mol. The van der Waals surface area contributed by atoms with Gasteiger partial charge in [-0.05, 0) is 24.3 Å². The number of nitrogens with two attached hydrogens (primary N) is 1. The van der Waals surface area contributed by atoms with Crippen LogP contribution in [0, 0.1) is 0 Å². The molecule has 0 aliphatic carbocycles. The summed E-state index contributed by atoms with van der Waals surface area (Å²) in [6.07, 6.45) is 1.73. The van der Waals surface area contributed by atoms with Crippen LogP contribution in [0.3, 0.4) is 0 Å². The Morgan fingerprint density at radius 2 is 2.00 bits per heavy atom. The first-order valence-corrected chi connectivity index (χ1v) is 5.51. The highest BCUT2D eigenvalue weighted by atomic mass is 35.5. The molecule has 0 amide bonds. The quantitative estimate of drug-likeness (QED) is 0.830. The zero-order valence-corrected chi connectivity index (χ0v) is 10.4. The summed E-state index contributed by atoms with van der Waals surface area (Å²) in [5.41, 5.74) is 8.08. The van der Waals surface area contributed by atoms with E-state index in [1.807, 2.05) is 31.1 Å². The summed E-state index contributed by atoms with van der Waals surface area (Å²) in [4.78, 5) is 10.4. The van der Waals surface area contributed by atoms with E-state index in [9.17, 15) is 0 Å². The molecule has 0 spiro atoms. The van der Waals surface area contributed by atoms with Crippen molar-refractivity contribution in [3.05, 3.63) is 35.6 Å². The number of anilines is 2. The van der Waals surface area contributed by atoms with Gasteiger partial charge in [-0.1, -0.05) is 11.6 Å². The fraction of sp³-hybridized carbons (Fsp3) is 0.167. The highest BCUT2D eigenvalue weighted by Gasteiger charge is 2.07. The third-order valence-electron chi connectivity index (χ3n) is 2.37. The first kappa shape index (κ1) is 11.7.